The first-order chi connectivity index (χ1) is 7.73. The third kappa shape index (κ3) is 3.33. The Labute approximate surface area is 109 Å². The first-order valence-corrected chi connectivity index (χ1v) is 6.46. The SMILES string of the molecule is CON1C(C)(C)CC(NC(=O)CCl)CC1(C)C. The zero-order chi connectivity index (χ0) is 13.3. The van der Waals surface area contributed by atoms with Gasteiger partial charge in [0.25, 0.3) is 0 Å². The van der Waals surface area contributed by atoms with Crippen molar-refractivity contribution in [2.75, 3.05) is 13.0 Å². The normalized spacial score (nSPS) is 24.6. The first kappa shape index (κ1) is 14.7. The number of hydroxylamine groups is 2. The first-order valence-electron chi connectivity index (χ1n) is 5.93. The summed E-state index contributed by atoms with van der Waals surface area (Å²) in [5.74, 6) is -0.0835. The molecule has 0 radical (unpaired) electrons. The van der Waals surface area contributed by atoms with Crippen molar-refractivity contribution < 1.29 is 9.63 Å². The van der Waals surface area contributed by atoms with Crippen LogP contribution in [0.15, 0.2) is 0 Å². The van der Waals surface area contributed by atoms with Crippen LogP contribution in [0.2, 0.25) is 0 Å². The molecule has 0 bridgehead atoms. The fraction of sp³-hybridized carbons (Fsp3) is 0.917. The highest BCUT2D eigenvalue weighted by molar-refractivity contribution is 6.27. The second kappa shape index (κ2) is 5.12. The number of piperidine rings is 1. The van der Waals surface area contributed by atoms with Gasteiger partial charge in [-0.05, 0) is 40.5 Å². The third-order valence-electron chi connectivity index (χ3n) is 3.26. The summed E-state index contributed by atoms with van der Waals surface area (Å²) in [5, 5.41) is 4.99. The standard InChI is InChI=1S/C12H23ClN2O2/c1-11(2)6-9(14-10(16)8-13)7-12(3,4)15(11)17-5/h9H,6-8H2,1-5H3,(H,14,16). The molecule has 1 aliphatic heterocycles. The lowest BCUT2D eigenvalue weighted by Gasteiger charge is -2.53. The molecule has 1 N–H and O–H groups in total. The Hall–Kier alpha value is -0.320. The summed E-state index contributed by atoms with van der Waals surface area (Å²) in [6.45, 7) is 8.49. The average Bonchev–Trinajstić information content (AvgIpc) is 2.14. The van der Waals surface area contributed by atoms with E-state index in [1.165, 1.54) is 0 Å². The maximum Gasteiger partial charge on any atom is 0.235 e. The van der Waals surface area contributed by atoms with Crippen LogP contribution < -0.4 is 5.32 Å². The van der Waals surface area contributed by atoms with E-state index in [1.54, 1.807) is 7.11 Å². The van der Waals surface area contributed by atoms with Gasteiger partial charge in [-0.15, -0.1) is 11.6 Å². The van der Waals surface area contributed by atoms with Gasteiger partial charge in [-0.25, -0.2) is 0 Å². The molecule has 0 unspecified atom stereocenters. The van der Waals surface area contributed by atoms with E-state index in [9.17, 15) is 4.79 Å². The second-order valence-corrected chi connectivity index (χ2v) is 6.18. The molecule has 0 aromatic carbocycles. The van der Waals surface area contributed by atoms with Crippen LogP contribution in [0, 0.1) is 0 Å². The van der Waals surface area contributed by atoms with Gasteiger partial charge in [-0.1, -0.05) is 0 Å². The van der Waals surface area contributed by atoms with Crippen LogP contribution >= 0.6 is 11.6 Å². The zero-order valence-electron chi connectivity index (χ0n) is 11.3. The quantitative estimate of drug-likeness (QED) is 0.791. The van der Waals surface area contributed by atoms with E-state index in [-0.39, 0.29) is 28.9 Å². The maximum atomic E-state index is 11.4. The van der Waals surface area contributed by atoms with Crippen molar-refractivity contribution in [3.05, 3.63) is 0 Å². The molecule has 0 saturated carbocycles. The molecule has 17 heavy (non-hydrogen) atoms. The van der Waals surface area contributed by atoms with Gasteiger partial charge in [0.05, 0.1) is 7.11 Å². The van der Waals surface area contributed by atoms with Crippen LogP contribution in [-0.2, 0) is 9.63 Å². The molecule has 5 heteroatoms. The molecule has 1 saturated heterocycles. The van der Waals surface area contributed by atoms with E-state index in [2.05, 4.69) is 33.0 Å². The summed E-state index contributed by atoms with van der Waals surface area (Å²) in [6.07, 6.45) is 1.71. The van der Waals surface area contributed by atoms with Gasteiger partial charge in [0.2, 0.25) is 5.91 Å². The van der Waals surface area contributed by atoms with Crippen LogP contribution in [0.4, 0.5) is 0 Å². The molecule has 1 heterocycles. The average molecular weight is 263 g/mol. The minimum absolute atomic E-state index is 0.0192. The summed E-state index contributed by atoms with van der Waals surface area (Å²) in [4.78, 5) is 16.9. The Bertz CT molecular complexity index is 274. The fourth-order valence-corrected chi connectivity index (χ4v) is 3.20. The minimum atomic E-state index is -0.110. The van der Waals surface area contributed by atoms with Crippen molar-refractivity contribution in [3.63, 3.8) is 0 Å². The van der Waals surface area contributed by atoms with E-state index in [0.29, 0.717) is 0 Å². The zero-order valence-corrected chi connectivity index (χ0v) is 12.1. The number of hydrogen-bond acceptors (Lipinski definition) is 3. The molecule has 0 aliphatic carbocycles. The lowest BCUT2D eigenvalue weighted by Crippen LogP contribution is -2.63. The number of carbonyl (C=O) groups excluding carboxylic acids is 1. The van der Waals surface area contributed by atoms with Crippen molar-refractivity contribution >= 4 is 17.5 Å². The van der Waals surface area contributed by atoms with Crippen LogP contribution in [0.1, 0.15) is 40.5 Å². The topological polar surface area (TPSA) is 41.6 Å². The molecule has 0 aromatic rings. The second-order valence-electron chi connectivity index (χ2n) is 5.91. The molecule has 100 valence electrons. The number of nitrogens with zero attached hydrogens (tertiary/aromatic N) is 1. The van der Waals surface area contributed by atoms with Gasteiger partial charge < -0.3 is 10.2 Å². The van der Waals surface area contributed by atoms with Crippen molar-refractivity contribution in [1.29, 1.82) is 0 Å². The summed E-state index contributed by atoms with van der Waals surface area (Å²) in [7, 11) is 1.70. The van der Waals surface area contributed by atoms with Gasteiger partial charge in [-0.2, -0.15) is 5.06 Å². The van der Waals surface area contributed by atoms with Gasteiger partial charge in [0, 0.05) is 17.1 Å². The molecule has 0 spiro atoms. The number of hydrogen-bond donors (Lipinski definition) is 1. The molecular formula is C12H23ClN2O2. The number of alkyl halides is 1. The summed E-state index contributed by atoms with van der Waals surface area (Å²) in [6, 6.07) is 0.151. The van der Waals surface area contributed by atoms with Crippen LogP contribution in [0.3, 0.4) is 0 Å². The Morgan fingerprint density at radius 1 is 1.35 bits per heavy atom. The van der Waals surface area contributed by atoms with Crippen molar-refractivity contribution in [2.24, 2.45) is 0 Å². The van der Waals surface area contributed by atoms with Crippen molar-refractivity contribution in [2.45, 2.75) is 57.7 Å². The molecular weight excluding hydrogens is 240 g/mol. The number of rotatable bonds is 3. The van der Waals surface area contributed by atoms with Gasteiger partial charge in [0.1, 0.15) is 5.88 Å². The number of carbonyl (C=O) groups is 1. The van der Waals surface area contributed by atoms with Crippen molar-refractivity contribution in [1.82, 2.24) is 10.4 Å². The van der Waals surface area contributed by atoms with Gasteiger partial charge in [-0.3, -0.25) is 4.79 Å². The van der Waals surface area contributed by atoms with Crippen LogP contribution in [-0.4, -0.2) is 41.1 Å². The minimum Gasteiger partial charge on any atom is -0.352 e. The summed E-state index contributed by atoms with van der Waals surface area (Å²) < 4.78 is 0. The van der Waals surface area contributed by atoms with Crippen LogP contribution in [0.5, 0.6) is 0 Å². The molecule has 1 rings (SSSR count). The van der Waals surface area contributed by atoms with Crippen LogP contribution in [0.25, 0.3) is 0 Å². The predicted molar refractivity (Wildman–Crippen MR) is 68.9 cm³/mol. The highest BCUT2D eigenvalue weighted by Gasteiger charge is 2.46. The van der Waals surface area contributed by atoms with Gasteiger partial charge in [0.15, 0.2) is 0 Å². The summed E-state index contributed by atoms with van der Waals surface area (Å²) in [5.41, 5.74) is -0.221. The largest absolute Gasteiger partial charge is 0.352 e. The number of halogens is 1. The highest BCUT2D eigenvalue weighted by Crippen LogP contribution is 2.38. The smallest absolute Gasteiger partial charge is 0.235 e. The van der Waals surface area contributed by atoms with Crippen molar-refractivity contribution in [3.8, 4) is 0 Å². The number of nitrogens with one attached hydrogen (secondary N) is 1. The monoisotopic (exact) mass is 262 g/mol. The molecule has 1 amide bonds. The van der Waals surface area contributed by atoms with E-state index in [4.69, 9.17) is 16.4 Å². The highest BCUT2D eigenvalue weighted by atomic mass is 35.5. The number of amides is 1. The Kier molecular flexibility index (Phi) is 4.44. The summed E-state index contributed by atoms with van der Waals surface area (Å²) >= 11 is 5.52. The Morgan fingerprint density at radius 2 is 1.82 bits per heavy atom. The molecule has 4 nitrogen and oxygen atoms in total. The van der Waals surface area contributed by atoms with E-state index < -0.39 is 0 Å². The maximum absolute atomic E-state index is 11.4. The Morgan fingerprint density at radius 3 is 2.18 bits per heavy atom. The van der Waals surface area contributed by atoms with E-state index >= 15 is 0 Å². The fourth-order valence-electron chi connectivity index (χ4n) is 3.13. The third-order valence-corrected chi connectivity index (χ3v) is 3.50. The molecule has 1 fully saturated rings. The predicted octanol–water partition coefficient (Wildman–Crippen LogP) is 1.92. The Balaban J connectivity index is 2.80. The molecule has 1 aliphatic rings. The van der Waals surface area contributed by atoms with E-state index in [1.807, 2.05) is 5.06 Å². The lowest BCUT2D eigenvalue weighted by molar-refractivity contribution is -0.267. The molecule has 0 atom stereocenters. The lowest BCUT2D eigenvalue weighted by atomic mass is 9.79. The van der Waals surface area contributed by atoms with E-state index in [0.717, 1.165) is 12.8 Å². The molecule has 0 aromatic heterocycles. The van der Waals surface area contributed by atoms with Gasteiger partial charge >= 0.3 is 0 Å².